The van der Waals surface area contributed by atoms with Crippen LogP contribution in [0.25, 0.3) is 0 Å². The number of hydrogen-bond donors (Lipinski definition) is 2. The van der Waals surface area contributed by atoms with Crippen LogP contribution >= 0.6 is 0 Å². The molecule has 146 valence electrons. The van der Waals surface area contributed by atoms with Crippen molar-refractivity contribution in [3.63, 3.8) is 0 Å². The van der Waals surface area contributed by atoms with E-state index in [9.17, 15) is 5.11 Å². The van der Waals surface area contributed by atoms with E-state index in [1.807, 2.05) is 0 Å². The first kappa shape index (κ1) is 20.1. The van der Waals surface area contributed by atoms with E-state index in [2.05, 4.69) is 86.8 Å². The van der Waals surface area contributed by atoms with Crippen molar-refractivity contribution in [2.45, 2.75) is 70.6 Å². The van der Waals surface area contributed by atoms with Crippen LogP contribution in [0, 0.1) is 11.8 Å². The number of nitrogens with one attached hydrogen (secondary N) is 1. The molecule has 0 saturated carbocycles. The molecule has 1 aliphatic rings. The van der Waals surface area contributed by atoms with Gasteiger partial charge in [-0.25, -0.2) is 0 Å². The number of aliphatic hydroxyl groups is 1. The first-order valence-corrected chi connectivity index (χ1v) is 10.7. The zero-order valence-electron chi connectivity index (χ0n) is 17.1. The summed E-state index contributed by atoms with van der Waals surface area (Å²) < 4.78 is 0. The smallest absolute Gasteiger partial charge is 0.0737 e. The lowest BCUT2D eigenvalue weighted by Gasteiger charge is -2.53. The molecule has 2 N–H and O–H groups in total. The number of unbranched alkanes of at least 4 members (excludes halogenated alkanes) is 1. The van der Waals surface area contributed by atoms with E-state index in [4.69, 9.17) is 0 Å². The molecule has 1 saturated heterocycles. The lowest BCUT2D eigenvalue weighted by Crippen LogP contribution is -2.58. The summed E-state index contributed by atoms with van der Waals surface area (Å²) in [6.45, 7) is 6.69. The molecule has 1 heterocycles. The van der Waals surface area contributed by atoms with Crippen LogP contribution in [0.1, 0.15) is 76.1 Å². The molecule has 0 spiro atoms. The average Bonchev–Trinajstić information content (AvgIpc) is 2.72. The monoisotopic (exact) mass is 365 g/mol. The van der Waals surface area contributed by atoms with E-state index < -0.39 is 5.60 Å². The standard InChI is InChI=1S/C25H35NO/c1-4-6-18-25(27)19(3)23(20-14-9-7-10-15-20)26-24(22(25)13-5-2)21-16-11-8-12-17-21/h7-12,14-17,19,22-24,26-27H,4-6,13,18H2,1-3H3/t19-,22+,23-,24+,25+/m1/s1. The Balaban J connectivity index is 2.05. The average molecular weight is 366 g/mol. The first-order valence-electron chi connectivity index (χ1n) is 10.7. The Kier molecular flexibility index (Phi) is 6.73. The second-order valence-corrected chi connectivity index (χ2v) is 8.22. The lowest BCUT2D eigenvalue weighted by atomic mass is 9.62. The fourth-order valence-corrected chi connectivity index (χ4v) is 5.00. The molecule has 1 aliphatic heterocycles. The van der Waals surface area contributed by atoms with Gasteiger partial charge in [-0.1, -0.05) is 101 Å². The van der Waals surface area contributed by atoms with Crippen LogP contribution in [0.15, 0.2) is 60.7 Å². The van der Waals surface area contributed by atoms with E-state index in [1.54, 1.807) is 0 Å². The molecule has 0 aliphatic carbocycles. The molecule has 2 aromatic rings. The molecule has 0 bridgehead atoms. The summed E-state index contributed by atoms with van der Waals surface area (Å²) in [5, 5.41) is 16.0. The van der Waals surface area contributed by atoms with Crippen molar-refractivity contribution in [1.82, 2.24) is 5.32 Å². The molecular weight excluding hydrogens is 330 g/mol. The van der Waals surface area contributed by atoms with Gasteiger partial charge in [-0.3, -0.25) is 0 Å². The quantitative estimate of drug-likeness (QED) is 0.626. The summed E-state index contributed by atoms with van der Waals surface area (Å²) in [6.07, 6.45) is 5.20. The highest BCUT2D eigenvalue weighted by Gasteiger charge is 2.51. The maximum absolute atomic E-state index is 12.1. The molecule has 1 fully saturated rings. The molecule has 2 nitrogen and oxygen atoms in total. The van der Waals surface area contributed by atoms with E-state index in [0.29, 0.717) is 0 Å². The zero-order valence-corrected chi connectivity index (χ0v) is 17.1. The van der Waals surface area contributed by atoms with Gasteiger partial charge >= 0.3 is 0 Å². The highest BCUT2D eigenvalue weighted by molar-refractivity contribution is 5.28. The topological polar surface area (TPSA) is 32.3 Å². The van der Waals surface area contributed by atoms with Crippen molar-refractivity contribution in [3.05, 3.63) is 71.8 Å². The Labute approximate surface area is 165 Å². The van der Waals surface area contributed by atoms with Gasteiger partial charge in [0.05, 0.1) is 5.60 Å². The number of benzene rings is 2. The van der Waals surface area contributed by atoms with Gasteiger partial charge in [-0.05, 0) is 24.0 Å². The van der Waals surface area contributed by atoms with Gasteiger partial charge in [0.2, 0.25) is 0 Å². The van der Waals surface area contributed by atoms with Crippen LogP contribution < -0.4 is 5.32 Å². The van der Waals surface area contributed by atoms with Crippen LogP contribution in [0.2, 0.25) is 0 Å². The van der Waals surface area contributed by atoms with Gasteiger partial charge in [-0.15, -0.1) is 0 Å². The van der Waals surface area contributed by atoms with Crippen molar-refractivity contribution in [2.75, 3.05) is 0 Å². The van der Waals surface area contributed by atoms with E-state index in [0.717, 1.165) is 32.1 Å². The normalized spacial score (nSPS) is 31.0. The number of rotatable bonds is 7. The molecule has 0 unspecified atom stereocenters. The van der Waals surface area contributed by atoms with Crippen LogP contribution in [0.5, 0.6) is 0 Å². The Morgan fingerprint density at radius 1 is 0.852 bits per heavy atom. The maximum atomic E-state index is 12.1. The van der Waals surface area contributed by atoms with Gasteiger partial charge < -0.3 is 10.4 Å². The second-order valence-electron chi connectivity index (χ2n) is 8.22. The fourth-order valence-electron chi connectivity index (χ4n) is 5.00. The molecule has 27 heavy (non-hydrogen) atoms. The van der Waals surface area contributed by atoms with Crippen LogP contribution in [-0.2, 0) is 0 Å². The SMILES string of the molecule is CCCC[C@]1(O)[C@H](C)[C@H](c2ccccc2)N[C@@H](c2ccccc2)[C@@H]1CCC. The molecular formula is C25H35NO. The first-order chi connectivity index (χ1) is 13.1. The van der Waals surface area contributed by atoms with Crippen LogP contribution in [-0.4, -0.2) is 10.7 Å². The van der Waals surface area contributed by atoms with Gasteiger partial charge in [0.25, 0.3) is 0 Å². The Bertz CT molecular complexity index is 686. The summed E-state index contributed by atoms with van der Waals surface area (Å²) in [5.41, 5.74) is 1.91. The Hall–Kier alpha value is -1.64. The summed E-state index contributed by atoms with van der Waals surface area (Å²) >= 11 is 0. The predicted molar refractivity (Wildman–Crippen MR) is 114 cm³/mol. The molecule has 2 heteroatoms. The van der Waals surface area contributed by atoms with Gasteiger partial charge in [0.15, 0.2) is 0 Å². The molecule has 5 atom stereocenters. The summed E-state index contributed by atoms with van der Waals surface area (Å²) in [5.74, 6) is 0.398. The Morgan fingerprint density at radius 3 is 1.93 bits per heavy atom. The predicted octanol–water partition coefficient (Wildman–Crippen LogP) is 6.05. The third-order valence-corrected chi connectivity index (χ3v) is 6.54. The number of hydrogen-bond acceptors (Lipinski definition) is 2. The van der Waals surface area contributed by atoms with E-state index >= 15 is 0 Å². The van der Waals surface area contributed by atoms with Crippen molar-refractivity contribution in [1.29, 1.82) is 0 Å². The largest absolute Gasteiger partial charge is 0.389 e. The van der Waals surface area contributed by atoms with E-state index in [1.165, 1.54) is 11.1 Å². The van der Waals surface area contributed by atoms with Crippen LogP contribution in [0.4, 0.5) is 0 Å². The van der Waals surface area contributed by atoms with Gasteiger partial charge in [0.1, 0.15) is 0 Å². The highest BCUT2D eigenvalue weighted by Crippen LogP contribution is 2.50. The highest BCUT2D eigenvalue weighted by atomic mass is 16.3. The summed E-state index contributed by atoms with van der Waals surface area (Å²) in [6, 6.07) is 21.7. The fraction of sp³-hybridized carbons (Fsp3) is 0.520. The zero-order chi connectivity index (χ0) is 19.3. The molecule has 0 aromatic heterocycles. The van der Waals surface area contributed by atoms with Gasteiger partial charge in [0, 0.05) is 23.9 Å². The second kappa shape index (κ2) is 9.03. The van der Waals surface area contributed by atoms with Crippen molar-refractivity contribution in [2.24, 2.45) is 11.8 Å². The van der Waals surface area contributed by atoms with Crippen LogP contribution in [0.3, 0.4) is 0 Å². The molecule has 3 rings (SSSR count). The molecule has 0 amide bonds. The van der Waals surface area contributed by atoms with Crippen molar-refractivity contribution in [3.8, 4) is 0 Å². The lowest BCUT2D eigenvalue weighted by molar-refractivity contribution is -0.125. The minimum Gasteiger partial charge on any atom is -0.389 e. The number of piperidine rings is 1. The third-order valence-electron chi connectivity index (χ3n) is 6.54. The molecule has 0 radical (unpaired) electrons. The van der Waals surface area contributed by atoms with Crippen molar-refractivity contribution >= 4 is 0 Å². The summed E-state index contributed by atoms with van der Waals surface area (Å²) in [4.78, 5) is 0. The molecule has 2 aromatic carbocycles. The maximum Gasteiger partial charge on any atom is 0.0737 e. The van der Waals surface area contributed by atoms with Gasteiger partial charge in [-0.2, -0.15) is 0 Å². The minimum absolute atomic E-state index is 0.159. The van der Waals surface area contributed by atoms with E-state index in [-0.39, 0.29) is 23.9 Å². The van der Waals surface area contributed by atoms with Crippen molar-refractivity contribution < 1.29 is 5.11 Å². The minimum atomic E-state index is -0.654. The third kappa shape index (κ3) is 4.12. The summed E-state index contributed by atoms with van der Waals surface area (Å²) in [7, 11) is 0. The Morgan fingerprint density at radius 2 is 1.41 bits per heavy atom.